The molecule has 14 heavy (non-hydrogen) atoms. The van der Waals surface area contributed by atoms with E-state index < -0.39 is 11.7 Å². The van der Waals surface area contributed by atoms with Crippen LogP contribution in [0.1, 0.15) is 46.0 Å². The zero-order chi connectivity index (χ0) is 11.0. The van der Waals surface area contributed by atoms with Gasteiger partial charge in [-0.25, -0.2) is 4.79 Å². The molecule has 1 unspecified atom stereocenters. The Morgan fingerprint density at radius 3 is 2.43 bits per heavy atom. The minimum absolute atomic E-state index is 0.497. The summed E-state index contributed by atoms with van der Waals surface area (Å²) in [6.45, 7) is 4.23. The predicted octanol–water partition coefficient (Wildman–Crippen LogP) is 3.12. The summed E-state index contributed by atoms with van der Waals surface area (Å²) in [4.78, 5) is 10.3. The Balaban J connectivity index is 3.93. The lowest BCUT2D eigenvalue weighted by molar-refractivity contribution is -0.135. The van der Waals surface area contributed by atoms with Crippen LogP contribution in [0.25, 0.3) is 0 Å². The number of unbranched alkanes of at least 4 members (excludes halogenated alkanes) is 1. The molecule has 0 radical (unpaired) electrons. The molecule has 3 nitrogen and oxygen atoms in total. The fourth-order valence-corrected chi connectivity index (χ4v) is 1.35. The zero-order valence-corrected chi connectivity index (χ0v) is 8.99. The van der Waals surface area contributed by atoms with Crippen molar-refractivity contribution in [1.82, 2.24) is 0 Å². The molecule has 0 fully saturated rings. The molecule has 0 saturated carbocycles. The van der Waals surface area contributed by atoms with Gasteiger partial charge in [-0.1, -0.05) is 39.5 Å². The van der Waals surface area contributed by atoms with Gasteiger partial charge in [0.15, 0.2) is 5.76 Å². The van der Waals surface area contributed by atoms with Crippen molar-refractivity contribution in [2.45, 2.75) is 46.0 Å². The molecule has 0 aromatic heterocycles. The third-order valence-corrected chi connectivity index (χ3v) is 2.41. The first-order valence-corrected chi connectivity index (χ1v) is 5.24. The smallest absolute Gasteiger partial charge is 0.370 e. The highest BCUT2D eigenvalue weighted by Crippen LogP contribution is 2.17. The van der Waals surface area contributed by atoms with Gasteiger partial charge < -0.3 is 10.2 Å². The molecule has 0 aliphatic rings. The molecular weight excluding hydrogens is 180 g/mol. The Morgan fingerprint density at radius 2 is 2.00 bits per heavy atom. The molecule has 0 aromatic carbocycles. The fourth-order valence-electron chi connectivity index (χ4n) is 1.35. The molecule has 0 spiro atoms. The van der Waals surface area contributed by atoms with Crippen LogP contribution in [0.4, 0.5) is 0 Å². The second-order valence-electron chi connectivity index (χ2n) is 3.55. The summed E-state index contributed by atoms with van der Waals surface area (Å²) >= 11 is 0. The van der Waals surface area contributed by atoms with Crippen molar-refractivity contribution in [1.29, 1.82) is 0 Å². The highest BCUT2D eigenvalue weighted by molar-refractivity contribution is 5.83. The van der Waals surface area contributed by atoms with E-state index in [2.05, 4.69) is 13.8 Å². The summed E-state index contributed by atoms with van der Waals surface area (Å²) < 4.78 is 0. The molecule has 0 heterocycles. The third-order valence-electron chi connectivity index (χ3n) is 2.41. The highest BCUT2D eigenvalue weighted by Gasteiger charge is 2.07. The molecule has 3 heteroatoms. The van der Waals surface area contributed by atoms with Crippen LogP contribution < -0.4 is 0 Å². The molecule has 0 rings (SSSR count). The quantitative estimate of drug-likeness (QED) is 0.490. The van der Waals surface area contributed by atoms with E-state index in [0.29, 0.717) is 12.3 Å². The van der Waals surface area contributed by atoms with Gasteiger partial charge in [0, 0.05) is 0 Å². The Bertz CT molecular complexity index is 197. The van der Waals surface area contributed by atoms with E-state index in [9.17, 15) is 4.79 Å². The number of carboxylic acids is 1. The number of rotatable bonds is 7. The van der Waals surface area contributed by atoms with Gasteiger partial charge in [0.05, 0.1) is 0 Å². The van der Waals surface area contributed by atoms with E-state index >= 15 is 0 Å². The van der Waals surface area contributed by atoms with Gasteiger partial charge in [0.25, 0.3) is 0 Å². The first-order valence-electron chi connectivity index (χ1n) is 5.24. The van der Waals surface area contributed by atoms with Crippen LogP contribution in [0.3, 0.4) is 0 Å². The van der Waals surface area contributed by atoms with E-state index in [0.717, 1.165) is 19.3 Å². The number of hydrogen-bond donors (Lipinski definition) is 2. The maximum atomic E-state index is 10.3. The first kappa shape index (κ1) is 13.0. The fraction of sp³-hybridized carbons (Fsp3) is 0.727. The Kier molecular flexibility index (Phi) is 6.89. The van der Waals surface area contributed by atoms with Crippen molar-refractivity contribution in [2.24, 2.45) is 5.92 Å². The third kappa shape index (κ3) is 5.62. The number of carbonyl (C=O) groups is 1. The monoisotopic (exact) mass is 200 g/mol. The molecule has 2 N–H and O–H groups in total. The average molecular weight is 200 g/mol. The molecule has 0 bridgehead atoms. The van der Waals surface area contributed by atoms with Crippen molar-refractivity contribution in [3.05, 3.63) is 11.8 Å². The number of aliphatic carboxylic acids is 1. The summed E-state index contributed by atoms with van der Waals surface area (Å²) in [5.74, 6) is -1.27. The number of aliphatic hydroxyl groups is 1. The van der Waals surface area contributed by atoms with Crippen molar-refractivity contribution < 1.29 is 15.0 Å². The van der Waals surface area contributed by atoms with Gasteiger partial charge >= 0.3 is 5.97 Å². The van der Waals surface area contributed by atoms with E-state index in [1.165, 1.54) is 12.5 Å². The van der Waals surface area contributed by atoms with Crippen LogP contribution in [-0.2, 0) is 4.79 Å². The standard InChI is InChI=1S/C11H20O3/c1-3-5-6-9(4-2)7-8-10(12)11(13)14/h8-9,12H,3-7H2,1-2H3,(H,13,14)/b10-8-. The van der Waals surface area contributed by atoms with Gasteiger partial charge in [0.1, 0.15) is 0 Å². The second-order valence-corrected chi connectivity index (χ2v) is 3.55. The van der Waals surface area contributed by atoms with Crippen molar-refractivity contribution in [3.8, 4) is 0 Å². The predicted molar refractivity (Wildman–Crippen MR) is 56.3 cm³/mol. The maximum Gasteiger partial charge on any atom is 0.370 e. The highest BCUT2D eigenvalue weighted by atomic mass is 16.4. The molecule has 0 saturated heterocycles. The molecule has 0 aliphatic carbocycles. The normalized spacial score (nSPS) is 14.0. The molecule has 0 amide bonds. The Morgan fingerprint density at radius 1 is 1.36 bits per heavy atom. The van der Waals surface area contributed by atoms with Gasteiger partial charge in [-0.3, -0.25) is 0 Å². The van der Waals surface area contributed by atoms with E-state index in [1.54, 1.807) is 0 Å². The first-order chi connectivity index (χ1) is 6.61. The lowest BCUT2D eigenvalue weighted by Crippen LogP contribution is -2.02. The van der Waals surface area contributed by atoms with E-state index in [4.69, 9.17) is 10.2 Å². The Labute approximate surface area is 85.4 Å². The van der Waals surface area contributed by atoms with Crippen molar-refractivity contribution in [2.75, 3.05) is 0 Å². The summed E-state index contributed by atoms with van der Waals surface area (Å²) in [6, 6.07) is 0. The molecule has 82 valence electrons. The summed E-state index contributed by atoms with van der Waals surface area (Å²) in [5, 5.41) is 17.4. The van der Waals surface area contributed by atoms with Crippen LogP contribution in [-0.4, -0.2) is 16.2 Å². The number of hydrogen-bond acceptors (Lipinski definition) is 2. The lowest BCUT2D eigenvalue weighted by atomic mass is 9.95. The minimum atomic E-state index is -1.24. The van der Waals surface area contributed by atoms with Gasteiger partial charge in [-0.15, -0.1) is 0 Å². The van der Waals surface area contributed by atoms with Crippen molar-refractivity contribution >= 4 is 5.97 Å². The van der Waals surface area contributed by atoms with Crippen LogP contribution in [0.2, 0.25) is 0 Å². The number of aliphatic hydroxyl groups excluding tert-OH is 1. The molecule has 0 aliphatic heterocycles. The topological polar surface area (TPSA) is 57.5 Å². The van der Waals surface area contributed by atoms with Crippen LogP contribution >= 0.6 is 0 Å². The SMILES string of the molecule is CCCCC(CC)C/C=C(\O)C(=O)O. The largest absolute Gasteiger partial charge is 0.502 e. The Hall–Kier alpha value is -0.990. The van der Waals surface area contributed by atoms with Crippen LogP contribution in [0.15, 0.2) is 11.8 Å². The minimum Gasteiger partial charge on any atom is -0.502 e. The summed E-state index contributed by atoms with van der Waals surface area (Å²) in [5.41, 5.74) is 0. The van der Waals surface area contributed by atoms with Gasteiger partial charge in [0.2, 0.25) is 0 Å². The molecule has 0 aromatic rings. The summed E-state index contributed by atoms with van der Waals surface area (Å²) in [6.07, 6.45) is 6.53. The molecule has 1 atom stereocenters. The van der Waals surface area contributed by atoms with Crippen LogP contribution in [0.5, 0.6) is 0 Å². The zero-order valence-electron chi connectivity index (χ0n) is 8.99. The van der Waals surface area contributed by atoms with E-state index in [-0.39, 0.29) is 0 Å². The number of allylic oxidation sites excluding steroid dienone is 1. The summed E-state index contributed by atoms with van der Waals surface area (Å²) in [7, 11) is 0. The number of carboxylic acid groups (broad SMARTS) is 1. The second kappa shape index (κ2) is 7.42. The van der Waals surface area contributed by atoms with Gasteiger partial charge in [-0.05, 0) is 18.4 Å². The lowest BCUT2D eigenvalue weighted by Gasteiger charge is -2.11. The maximum absolute atomic E-state index is 10.3. The van der Waals surface area contributed by atoms with Gasteiger partial charge in [-0.2, -0.15) is 0 Å². The average Bonchev–Trinajstić information content (AvgIpc) is 2.17. The molecular formula is C11H20O3. The van der Waals surface area contributed by atoms with E-state index in [1.807, 2.05) is 0 Å². The van der Waals surface area contributed by atoms with Crippen LogP contribution in [0, 0.1) is 5.92 Å². The van der Waals surface area contributed by atoms with Crippen molar-refractivity contribution in [3.63, 3.8) is 0 Å².